The molecule has 33 heavy (non-hydrogen) atoms. The Hall–Kier alpha value is -3.11. The summed E-state index contributed by atoms with van der Waals surface area (Å²) < 4.78 is 30.7. The Morgan fingerprint density at radius 1 is 0.970 bits per heavy atom. The van der Waals surface area contributed by atoms with Crippen LogP contribution in [0.15, 0.2) is 66.7 Å². The van der Waals surface area contributed by atoms with E-state index in [9.17, 15) is 18.6 Å². The molecule has 0 amide bonds. The van der Waals surface area contributed by atoms with Gasteiger partial charge in [-0.2, -0.15) is 0 Å². The molecule has 0 bridgehead atoms. The van der Waals surface area contributed by atoms with E-state index in [1.807, 2.05) is 48.5 Å². The normalized spacial score (nSPS) is 12.3. The smallest absolute Gasteiger partial charge is 0.229 e. The van der Waals surface area contributed by atoms with Gasteiger partial charge in [-0.25, -0.2) is 8.42 Å². The summed E-state index contributed by atoms with van der Waals surface area (Å²) in [6.45, 7) is 1.14. The molecule has 0 radical (unpaired) electrons. The van der Waals surface area contributed by atoms with Crippen LogP contribution in [0.1, 0.15) is 17.2 Å². The summed E-state index contributed by atoms with van der Waals surface area (Å²) >= 11 is 0. The molecular formula is C24H28N2O6S. The van der Waals surface area contributed by atoms with E-state index >= 15 is 0 Å². The first-order valence-electron chi connectivity index (χ1n) is 10.4. The molecule has 5 N–H and O–H groups in total. The maximum absolute atomic E-state index is 11.4. The highest BCUT2D eigenvalue weighted by atomic mass is 32.2. The lowest BCUT2D eigenvalue weighted by molar-refractivity contribution is 0.172. The van der Waals surface area contributed by atoms with Crippen LogP contribution in [0.25, 0.3) is 11.1 Å². The lowest BCUT2D eigenvalue weighted by Gasteiger charge is -2.15. The van der Waals surface area contributed by atoms with E-state index in [-0.39, 0.29) is 24.6 Å². The van der Waals surface area contributed by atoms with Crippen molar-refractivity contribution >= 4 is 15.7 Å². The Kier molecular flexibility index (Phi) is 8.29. The number of anilines is 1. The molecule has 0 aliphatic rings. The second-order valence-corrected chi connectivity index (χ2v) is 9.35. The number of ether oxygens (including phenoxy) is 1. The number of phenolic OH excluding ortho intramolecular Hbond substituents is 1. The third kappa shape index (κ3) is 7.47. The number of hydrogen-bond donors (Lipinski definition) is 5. The van der Waals surface area contributed by atoms with Crippen molar-refractivity contribution < 1.29 is 28.5 Å². The number of rotatable bonds is 11. The van der Waals surface area contributed by atoms with Crippen molar-refractivity contribution in [3.63, 3.8) is 0 Å². The van der Waals surface area contributed by atoms with E-state index in [2.05, 4.69) is 10.0 Å². The van der Waals surface area contributed by atoms with Gasteiger partial charge in [0.1, 0.15) is 18.1 Å². The monoisotopic (exact) mass is 472 g/mol. The van der Waals surface area contributed by atoms with Gasteiger partial charge in [-0.05, 0) is 46.5 Å². The second-order valence-electron chi connectivity index (χ2n) is 7.60. The third-order valence-corrected chi connectivity index (χ3v) is 5.50. The van der Waals surface area contributed by atoms with Gasteiger partial charge in [-0.1, -0.05) is 42.5 Å². The number of benzene rings is 3. The van der Waals surface area contributed by atoms with Crippen LogP contribution in [0, 0.1) is 0 Å². The predicted octanol–water partition coefficient (Wildman–Crippen LogP) is 2.63. The first kappa shape index (κ1) is 24.5. The van der Waals surface area contributed by atoms with Gasteiger partial charge in [0.2, 0.25) is 10.0 Å². The maximum Gasteiger partial charge on any atom is 0.229 e. The number of hydrogen-bond acceptors (Lipinski definition) is 7. The minimum atomic E-state index is -3.55. The van der Waals surface area contributed by atoms with Crippen LogP contribution in [0.5, 0.6) is 11.5 Å². The fourth-order valence-electron chi connectivity index (χ4n) is 3.19. The van der Waals surface area contributed by atoms with Crippen LogP contribution < -0.4 is 14.8 Å². The largest absolute Gasteiger partial charge is 0.506 e. The van der Waals surface area contributed by atoms with Gasteiger partial charge in [-0.3, -0.25) is 4.72 Å². The standard InChI is InChI=1S/C24H28N2O6S/c1-33(30,31)26-22-14-20(8-11-23(22)28)24(29)15-25-12-13-32-21-9-6-19(7-10-21)18-4-2-17(16-27)3-5-18/h2-11,14,24-29H,12-13,15-16H2,1H3. The van der Waals surface area contributed by atoms with Crippen molar-refractivity contribution in [2.75, 3.05) is 30.7 Å². The molecule has 3 aromatic rings. The Morgan fingerprint density at radius 2 is 1.61 bits per heavy atom. The molecule has 0 aromatic heterocycles. The molecule has 0 aliphatic carbocycles. The fourth-order valence-corrected chi connectivity index (χ4v) is 3.75. The number of aliphatic hydroxyl groups is 2. The molecule has 8 nitrogen and oxygen atoms in total. The first-order valence-corrected chi connectivity index (χ1v) is 12.3. The van der Waals surface area contributed by atoms with Crippen LogP contribution in [-0.4, -0.2) is 49.7 Å². The minimum Gasteiger partial charge on any atom is -0.506 e. The number of nitrogens with one attached hydrogen (secondary N) is 2. The van der Waals surface area contributed by atoms with Crippen molar-refractivity contribution in [2.45, 2.75) is 12.7 Å². The van der Waals surface area contributed by atoms with Crippen LogP contribution in [0.3, 0.4) is 0 Å². The van der Waals surface area contributed by atoms with Crippen LogP contribution in [0.2, 0.25) is 0 Å². The number of phenols is 1. The second kappa shape index (κ2) is 11.2. The highest BCUT2D eigenvalue weighted by Gasteiger charge is 2.12. The van der Waals surface area contributed by atoms with E-state index in [0.29, 0.717) is 18.7 Å². The molecule has 0 heterocycles. The van der Waals surface area contributed by atoms with E-state index in [4.69, 9.17) is 9.84 Å². The van der Waals surface area contributed by atoms with Crippen molar-refractivity contribution in [3.8, 4) is 22.6 Å². The molecule has 3 aromatic carbocycles. The van der Waals surface area contributed by atoms with Crippen molar-refractivity contribution in [1.82, 2.24) is 5.32 Å². The Bertz CT molecular complexity index is 1150. The molecule has 0 saturated carbocycles. The lowest BCUT2D eigenvalue weighted by atomic mass is 10.0. The summed E-state index contributed by atoms with van der Waals surface area (Å²) in [4.78, 5) is 0. The topological polar surface area (TPSA) is 128 Å². The number of aromatic hydroxyl groups is 1. The van der Waals surface area contributed by atoms with Crippen LogP contribution in [-0.2, 0) is 16.6 Å². The van der Waals surface area contributed by atoms with Gasteiger partial charge in [0, 0.05) is 13.1 Å². The average molecular weight is 473 g/mol. The molecule has 176 valence electrons. The number of aliphatic hydroxyl groups excluding tert-OH is 2. The van der Waals surface area contributed by atoms with Gasteiger partial charge in [0.25, 0.3) is 0 Å². The van der Waals surface area contributed by atoms with Crippen LogP contribution >= 0.6 is 0 Å². The average Bonchev–Trinajstić information content (AvgIpc) is 2.80. The molecule has 0 saturated heterocycles. The van der Waals surface area contributed by atoms with E-state index in [1.165, 1.54) is 18.2 Å². The number of sulfonamides is 1. The maximum atomic E-state index is 11.4. The zero-order chi connectivity index (χ0) is 23.8. The van der Waals surface area contributed by atoms with Gasteiger partial charge in [0.15, 0.2) is 0 Å². The first-order chi connectivity index (χ1) is 15.7. The zero-order valence-corrected chi connectivity index (χ0v) is 19.0. The SMILES string of the molecule is CS(=O)(=O)Nc1cc(C(O)CNCCOc2ccc(-c3ccc(CO)cc3)cc2)ccc1O. The molecule has 0 spiro atoms. The summed E-state index contributed by atoms with van der Waals surface area (Å²) in [5.74, 6) is 0.508. The summed E-state index contributed by atoms with van der Waals surface area (Å²) in [5.41, 5.74) is 3.46. The predicted molar refractivity (Wildman–Crippen MR) is 128 cm³/mol. The third-order valence-electron chi connectivity index (χ3n) is 4.91. The quantitative estimate of drug-likeness (QED) is 0.214. The van der Waals surface area contributed by atoms with Gasteiger partial charge in [-0.15, -0.1) is 0 Å². The minimum absolute atomic E-state index is 0.0187. The van der Waals surface area contributed by atoms with Crippen molar-refractivity contribution in [3.05, 3.63) is 77.9 Å². The van der Waals surface area contributed by atoms with E-state index in [1.54, 1.807) is 0 Å². The fraction of sp³-hybridized carbons (Fsp3) is 0.250. The van der Waals surface area contributed by atoms with E-state index < -0.39 is 16.1 Å². The zero-order valence-electron chi connectivity index (χ0n) is 18.2. The van der Waals surface area contributed by atoms with Gasteiger partial charge in [0.05, 0.1) is 24.7 Å². The van der Waals surface area contributed by atoms with Crippen LogP contribution in [0.4, 0.5) is 5.69 Å². The van der Waals surface area contributed by atoms with Gasteiger partial charge < -0.3 is 25.4 Å². The highest BCUT2D eigenvalue weighted by Crippen LogP contribution is 2.27. The summed E-state index contributed by atoms with van der Waals surface area (Å²) in [6, 6.07) is 19.7. The molecule has 1 unspecified atom stereocenters. The lowest BCUT2D eigenvalue weighted by Crippen LogP contribution is -2.26. The molecule has 0 aliphatic heterocycles. The van der Waals surface area contributed by atoms with Gasteiger partial charge >= 0.3 is 0 Å². The van der Waals surface area contributed by atoms with Crippen molar-refractivity contribution in [2.24, 2.45) is 0 Å². The summed E-state index contributed by atoms with van der Waals surface area (Å²) in [6.07, 6.45) is 0.0992. The molecule has 9 heteroatoms. The Morgan fingerprint density at radius 3 is 2.21 bits per heavy atom. The molecule has 1 atom stereocenters. The molecule has 0 fully saturated rings. The Balaban J connectivity index is 1.44. The summed E-state index contributed by atoms with van der Waals surface area (Å²) in [7, 11) is -3.55. The summed E-state index contributed by atoms with van der Waals surface area (Å²) in [5, 5.41) is 32.4. The molecular weight excluding hydrogens is 444 g/mol. The Labute approximate surface area is 193 Å². The van der Waals surface area contributed by atoms with E-state index in [0.717, 1.165) is 28.7 Å². The highest BCUT2D eigenvalue weighted by molar-refractivity contribution is 7.92. The molecule has 3 rings (SSSR count). The van der Waals surface area contributed by atoms with Crippen molar-refractivity contribution in [1.29, 1.82) is 0 Å².